The summed E-state index contributed by atoms with van der Waals surface area (Å²) in [5.41, 5.74) is 1.78. The molecule has 0 radical (unpaired) electrons. The average molecular weight is 432 g/mol. The van der Waals surface area contributed by atoms with Crippen LogP contribution in [-0.4, -0.2) is 24.7 Å². The van der Waals surface area contributed by atoms with Crippen molar-refractivity contribution in [2.24, 2.45) is 7.05 Å². The van der Waals surface area contributed by atoms with E-state index in [-0.39, 0.29) is 5.56 Å². The lowest BCUT2D eigenvalue weighted by molar-refractivity contribution is 0.584. The second kappa shape index (κ2) is 6.66. The van der Waals surface area contributed by atoms with Crippen LogP contribution in [0.4, 0.5) is 8.78 Å². The van der Waals surface area contributed by atoms with Gasteiger partial charge < -0.3 is 4.98 Å². The summed E-state index contributed by atoms with van der Waals surface area (Å²) in [4.78, 5) is 23.7. The molecule has 0 aliphatic carbocycles. The normalized spacial score (nSPS) is 11.3. The number of rotatable bonds is 3. The molecule has 136 valence electrons. The maximum absolute atomic E-state index is 13.4. The molecule has 0 fully saturated rings. The first-order chi connectivity index (χ1) is 12.9. The maximum Gasteiger partial charge on any atom is 0.263 e. The molecule has 6 nitrogen and oxygen atoms in total. The summed E-state index contributed by atoms with van der Waals surface area (Å²) in [5.74, 6) is -0.851. The number of nitrogens with one attached hydrogen (secondary N) is 1. The van der Waals surface area contributed by atoms with Crippen LogP contribution in [0.2, 0.25) is 0 Å². The first-order valence-corrected chi connectivity index (χ1v) is 8.73. The SMILES string of the molecule is Cn1nc(Br)c2c(=O)[nH]c(Cc3ccc(-c4cc(F)cc(F)c4)nc3)nc21. The van der Waals surface area contributed by atoms with Crippen molar-refractivity contribution in [3.63, 3.8) is 0 Å². The number of aromatic amines is 1. The second-order valence-electron chi connectivity index (χ2n) is 6.01. The van der Waals surface area contributed by atoms with Gasteiger partial charge in [-0.3, -0.25) is 9.78 Å². The molecular weight excluding hydrogens is 420 g/mol. The number of aromatic nitrogens is 5. The van der Waals surface area contributed by atoms with E-state index in [1.54, 1.807) is 25.4 Å². The molecule has 0 aliphatic heterocycles. The molecule has 0 saturated carbocycles. The predicted octanol–water partition coefficient (Wildman–Crippen LogP) is 3.35. The van der Waals surface area contributed by atoms with Gasteiger partial charge >= 0.3 is 0 Å². The number of benzene rings is 1. The summed E-state index contributed by atoms with van der Waals surface area (Å²) in [6, 6.07) is 6.69. The smallest absolute Gasteiger partial charge is 0.263 e. The van der Waals surface area contributed by atoms with Gasteiger partial charge in [-0.2, -0.15) is 5.10 Å². The summed E-state index contributed by atoms with van der Waals surface area (Å²) >= 11 is 3.24. The van der Waals surface area contributed by atoms with Gasteiger partial charge in [-0.15, -0.1) is 0 Å². The molecule has 9 heteroatoms. The Hall–Kier alpha value is -2.94. The Morgan fingerprint density at radius 1 is 1.19 bits per heavy atom. The predicted molar refractivity (Wildman–Crippen MR) is 99.2 cm³/mol. The van der Waals surface area contributed by atoms with E-state index in [1.165, 1.54) is 16.8 Å². The number of halogens is 3. The van der Waals surface area contributed by atoms with Gasteiger partial charge in [0.05, 0.1) is 5.69 Å². The molecule has 0 spiro atoms. The highest BCUT2D eigenvalue weighted by molar-refractivity contribution is 9.10. The third kappa shape index (κ3) is 3.37. The number of hydrogen-bond acceptors (Lipinski definition) is 4. The zero-order valence-electron chi connectivity index (χ0n) is 14.0. The Kier molecular flexibility index (Phi) is 4.31. The van der Waals surface area contributed by atoms with Crippen LogP contribution in [-0.2, 0) is 13.5 Å². The van der Waals surface area contributed by atoms with Gasteiger partial charge in [-0.1, -0.05) is 6.07 Å². The Bertz CT molecular complexity index is 1200. The first kappa shape index (κ1) is 17.5. The molecule has 0 amide bonds. The van der Waals surface area contributed by atoms with Gasteiger partial charge in [-0.25, -0.2) is 18.4 Å². The van der Waals surface area contributed by atoms with Crippen LogP contribution < -0.4 is 5.56 Å². The molecule has 0 saturated heterocycles. The van der Waals surface area contributed by atoms with E-state index in [0.29, 0.717) is 39.1 Å². The fraction of sp³-hybridized carbons (Fsp3) is 0.111. The van der Waals surface area contributed by atoms with Crippen LogP contribution in [0.5, 0.6) is 0 Å². The summed E-state index contributed by atoms with van der Waals surface area (Å²) in [5, 5.41) is 4.53. The Labute approximate surface area is 160 Å². The number of H-pyrrole nitrogens is 1. The van der Waals surface area contributed by atoms with Crippen LogP contribution in [0.3, 0.4) is 0 Å². The summed E-state index contributed by atoms with van der Waals surface area (Å²) in [7, 11) is 1.71. The third-order valence-electron chi connectivity index (χ3n) is 4.05. The Morgan fingerprint density at radius 3 is 2.59 bits per heavy atom. The van der Waals surface area contributed by atoms with Gasteiger partial charge in [0.2, 0.25) is 0 Å². The molecule has 1 aromatic carbocycles. The van der Waals surface area contributed by atoms with Crippen molar-refractivity contribution in [2.45, 2.75) is 6.42 Å². The first-order valence-electron chi connectivity index (χ1n) is 7.93. The van der Waals surface area contributed by atoms with E-state index in [9.17, 15) is 13.6 Å². The van der Waals surface area contributed by atoms with E-state index in [1.807, 2.05) is 0 Å². The zero-order valence-corrected chi connectivity index (χ0v) is 15.6. The van der Waals surface area contributed by atoms with Crippen LogP contribution in [0, 0.1) is 11.6 Å². The van der Waals surface area contributed by atoms with Crippen LogP contribution in [0.25, 0.3) is 22.3 Å². The molecule has 3 aromatic heterocycles. The van der Waals surface area contributed by atoms with Crippen molar-refractivity contribution in [2.75, 3.05) is 0 Å². The molecule has 1 N–H and O–H groups in total. The van der Waals surface area contributed by atoms with E-state index in [0.717, 1.165) is 11.6 Å². The lowest BCUT2D eigenvalue weighted by Gasteiger charge is -2.05. The number of pyridine rings is 1. The van der Waals surface area contributed by atoms with Crippen LogP contribution >= 0.6 is 15.9 Å². The zero-order chi connectivity index (χ0) is 19.1. The third-order valence-corrected chi connectivity index (χ3v) is 4.61. The topological polar surface area (TPSA) is 76.5 Å². The average Bonchev–Trinajstić information content (AvgIpc) is 2.89. The minimum Gasteiger partial charge on any atom is -0.310 e. The van der Waals surface area contributed by atoms with E-state index in [4.69, 9.17) is 0 Å². The quantitative estimate of drug-likeness (QED) is 0.539. The monoisotopic (exact) mass is 431 g/mol. The molecule has 4 rings (SSSR count). The van der Waals surface area contributed by atoms with E-state index in [2.05, 4.69) is 36.0 Å². The van der Waals surface area contributed by atoms with Gasteiger partial charge in [0, 0.05) is 31.3 Å². The van der Waals surface area contributed by atoms with Crippen molar-refractivity contribution in [1.82, 2.24) is 24.7 Å². The molecule has 0 aliphatic rings. The highest BCUT2D eigenvalue weighted by Gasteiger charge is 2.13. The lowest BCUT2D eigenvalue weighted by Crippen LogP contribution is -2.12. The van der Waals surface area contributed by atoms with E-state index >= 15 is 0 Å². The highest BCUT2D eigenvalue weighted by atomic mass is 79.9. The van der Waals surface area contributed by atoms with Gasteiger partial charge in [0.15, 0.2) is 5.65 Å². The Morgan fingerprint density at radius 2 is 1.93 bits per heavy atom. The number of aryl methyl sites for hydroxylation is 1. The summed E-state index contributed by atoms with van der Waals surface area (Å²) in [6.45, 7) is 0. The fourth-order valence-corrected chi connectivity index (χ4v) is 3.43. The maximum atomic E-state index is 13.4. The number of hydrogen-bond donors (Lipinski definition) is 1. The molecule has 0 atom stereocenters. The highest BCUT2D eigenvalue weighted by Crippen LogP contribution is 2.21. The molecular formula is C18H12BrF2N5O. The molecule has 27 heavy (non-hydrogen) atoms. The fourth-order valence-electron chi connectivity index (χ4n) is 2.83. The van der Waals surface area contributed by atoms with Crippen LogP contribution in [0.1, 0.15) is 11.4 Å². The van der Waals surface area contributed by atoms with Gasteiger partial charge in [-0.05, 0) is 39.7 Å². The van der Waals surface area contributed by atoms with Crippen molar-refractivity contribution >= 4 is 27.0 Å². The van der Waals surface area contributed by atoms with Crippen molar-refractivity contribution in [1.29, 1.82) is 0 Å². The van der Waals surface area contributed by atoms with E-state index < -0.39 is 11.6 Å². The number of nitrogens with zero attached hydrogens (tertiary/aromatic N) is 4. The molecule has 4 aromatic rings. The Balaban J connectivity index is 1.65. The minimum absolute atomic E-state index is 0.283. The van der Waals surface area contributed by atoms with Crippen molar-refractivity contribution in [3.8, 4) is 11.3 Å². The minimum atomic E-state index is -0.659. The number of fused-ring (bicyclic) bond motifs is 1. The summed E-state index contributed by atoms with van der Waals surface area (Å²) in [6.07, 6.45) is 1.93. The van der Waals surface area contributed by atoms with Crippen LogP contribution in [0.15, 0.2) is 45.9 Å². The lowest BCUT2D eigenvalue weighted by atomic mass is 10.1. The standard InChI is InChI=1S/C18H12BrF2N5O/c1-26-17-15(16(19)25-26)18(27)24-14(23-17)4-9-2-3-13(22-8-9)10-5-11(20)7-12(21)6-10/h2-3,5-8H,4H2,1H3,(H,23,24,27). The molecule has 0 bridgehead atoms. The summed E-state index contributed by atoms with van der Waals surface area (Å²) < 4.78 is 28.7. The van der Waals surface area contributed by atoms with Gasteiger partial charge in [0.1, 0.15) is 27.4 Å². The van der Waals surface area contributed by atoms with Crippen molar-refractivity contribution in [3.05, 3.63) is 74.5 Å². The van der Waals surface area contributed by atoms with Crippen molar-refractivity contribution < 1.29 is 8.78 Å². The molecule has 3 heterocycles. The molecule has 0 unspecified atom stereocenters. The van der Waals surface area contributed by atoms with Gasteiger partial charge in [0.25, 0.3) is 5.56 Å². The second-order valence-corrected chi connectivity index (χ2v) is 6.76. The largest absolute Gasteiger partial charge is 0.310 e.